The first-order valence-corrected chi connectivity index (χ1v) is 8.56. The Morgan fingerprint density at radius 3 is 2.25 bits per heavy atom. The SMILES string of the molecule is CCCC1NC(=O)N(CCCCCCCCCS)C1=O. The van der Waals surface area contributed by atoms with Gasteiger partial charge >= 0.3 is 6.03 Å². The molecule has 3 amide bonds. The summed E-state index contributed by atoms with van der Waals surface area (Å²) in [6, 6.07) is -0.490. The van der Waals surface area contributed by atoms with Crippen LogP contribution < -0.4 is 5.32 Å². The number of imide groups is 1. The highest BCUT2D eigenvalue weighted by atomic mass is 32.1. The summed E-state index contributed by atoms with van der Waals surface area (Å²) in [6.45, 7) is 2.59. The predicted molar refractivity (Wildman–Crippen MR) is 85.1 cm³/mol. The lowest BCUT2D eigenvalue weighted by atomic mass is 10.1. The normalized spacial score (nSPS) is 18.7. The van der Waals surface area contributed by atoms with E-state index in [2.05, 4.69) is 17.9 Å². The highest BCUT2D eigenvalue weighted by molar-refractivity contribution is 7.80. The van der Waals surface area contributed by atoms with Crippen LogP contribution in [0.25, 0.3) is 0 Å². The van der Waals surface area contributed by atoms with Gasteiger partial charge in [0.1, 0.15) is 6.04 Å². The second-order valence-electron chi connectivity index (χ2n) is 5.48. The molecule has 0 bridgehead atoms. The lowest BCUT2D eigenvalue weighted by Crippen LogP contribution is -2.32. The van der Waals surface area contributed by atoms with Gasteiger partial charge < -0.3 is 5.32 Å². The molecule has 1 rings (SSSR count). The average molecular weight is 300 g/mol. The van der Waals surface area contributed by atoms with E-state index >= 15 is 0 Å². The van der Waals surface area contributed by atoms with Crippen LogP contribution in [-0.2, 0) is 4.79 Å². The lowest BCUT2D eigenvalue weighted by molar-refractivity contribution is -0.127. The van der Waals surface area contributed by atoms with Crippen molar-refractivity contribution in [1.82, 2.24) is 10.2 Å². The summed E-state index contributed by atoms with van der Waals surface area (Å²) in [5.41, 5.74) is 0. The summed E-state index contributed by atoms with van der Waals surface area (Å²) in [7, 11) is 0. The van der Waals surface area contributed by atoms with Gasteiger partial charge in [-0.25, -0.2) is 4.79 Å². The Kier molecular flexibility index (Phi) is 8.74. The zero-order valence-electron chi connectivity index (χ0n) is 12.6. The fourth-order valence-electron chi connectivity index (χ4n) is 2.54. The minimum Gasteiger partial charge on any atom is -0.326 e. The molecular weight excluding hydrogens is 272 g/mol. The van der Waals surface area contributed by atoms with Crippen molar-refractivity contribution in [3.05, 3.63) is 0 Å². The Balaban J connectivity index is 2.09. The fraction of sp³-hybridized carbons (Fsp3) is 0.867. The molecule has 20 heavy (non-hydrogen) atoms. The van der Waals surface area contributed by atoms with E-state index < -0.39 is 0 Å². The van der Waals surface area contributed by atoms with Crippen molar-refractivity contribution in [3.8, 4) is 0 Å². The summed E-state index contributed by atoms with van der Waals surface area (Å²) in [4.78, 5) is 25.1. The molecule has 0 aromatic rings. The summed E-state index contributed by atoms with van der Waals surface area (Å²) in [5.74, 6) is 0.941. The summed E-state index contributed by atoms with van der Waals surface area (Å²) < 4.78 is 0. The molecular formula is C15H28N2O2S. The largest absolute Gasteiger partial charge is 0.326 e. The standard InChI is InChI=1S/C15H28N2O2S/c1-2-10-13-14(18)17(15(19)16-13)11-8-6-4-3-5-7-9-12-20/h13,20H,2-12H2,1H3,(H,16,19). The quantitative estimate of drug-likeness (QED) is 0.349. The minimum atomic E-state index is -0.284. The predicted octanol–water partition coefficient (Wildman–Crippen LogP) is 3.37. The van der Waals surface area contributed by atoms with Gasteiger partial charge in [0.05, 0.1) is 0 Å². The molecule has 0 saturated carbocycles. The van der Waals surface area contributed by atoms with Crippen molar-refractivity contribution in [2.75, 3.05) is 12.3 Å². The number of carbonyl (C=O) groups is 2. The summed E-state index contributed by atoms with van der Waals surface area (Å²) in [6.07, 6.45) is 9.83. The number of nitrogens with zero attached hydrogens (tertiary/aromatic N) is 1. The number of unbranched alkanes of at least 4 members (excludes halogenated alkanes) is 6. The van der Waals surface area contributed by atoms with Gasteiger partial charge in [-0.3, -0.25) is 9.69 Å². The van der Waals surface area contributed by atoms with Crippen molar-refractivity contribution in [1.29, 1.82) is 0 Å². The van der Waals surface area contributed by atoms with Crippen molar-refractivity contribution in [2.24, 2.45) is 0 Å². The van der Waals surface area contributed by atoms with Crippen molar-refractivity contribution in [3.63, 3.8) is 0 Å². The molecule has 0 spiro atoms. The summed E-state index contributed by atoms with van der Waals surface area (Å²) >= 11 is 4.19. The van der Waals surface area contributed by atoms with Gasteiger partial charge in [-0.15, -0.1) is 0 Å². The van der Waals surface area contributed by atoms with Gasteiger partial charge in [0.25, 0.3) is 5.91 Å². The third-order valence-corrected chi connectivity index (χ3v) is 4.04. The van der Waals surface area contributed by atoms with Gasteiger partial charge in [0.15, 0.2) is 0 Å². The van der Waals surface area contributed by atoms with Crippen LogP contribution >= 0.6 is 12.6 Å². The number of hydrogen-bond acceptors (Lipinski definition) is 3. The van der Waals surface area contributed by atoms with Crippen molar-refractivity contribution < 1.29 is 9.59 Å². The Hall–Kier alpha value is -0.710. The molecule has 0 aliphatic carbocycles. The Bertz CT molecular complexity index is 310. The number of nitrogens with one attached hydrogen (secondary N) is 1. The highest BCUT2D eigenvalue weighted by Gasteiger charge is 2.36. The van der Waals surface area contributed by atoms with Crippen molar-refractivity contribution >= 4 is 24.6 Å². The van der Waals surface area contributed by atoms with E-state index in [1.807, 2.05) is 6.92 Å². The molecule has 1 fully saturated rings. The molecule has 1 N–H and O–H groups in total. The van der Waals surface area contributed by atoms with Crippen LogP contribution in [0, 0.1) is 0 Å². The van der Waals surface area contributed by atoms with Crippen LogP contribution in [0.3, 0.4) is 0 Å². The number of urea groups is 1. The monoisotopic (exact) mass is 300 g/mol. The number of rotatable bonds is 11. The zero-order valence-corrected chi connectivity index (χ0v) is 13.5. The van der Waals surface area contributed by atoms with Gasteiger partial charge in [-0.1, -0.05) is 45.4 Å². The molecule has 1 unspecified atom stereocenters. The number of amides is 3. The first kappa shape index (κ1) is 17.3. The Morgan fingerprint density at radius 1 is 1.05 bits per heavy atom. The highest BCUT2D eigenvalue weighted by Crippen LogP contribution is 2.13. The molecule has 1 aliphatic heterocycles. The third-order valence-electron chi connectivity index (χ3n) is 3.72. The summed E-state index contributed by atoms with van der Waals surface area (Å²) in [5, 5.41) is 2.76. The maximum atomic E-state index is 12.0. The lowest BCUT2D eigenvalue weighted by Gasteiger charge is -2.12. The number of hydrogen-bond donors (Lipinski definition) is 2. The van der Waals surface area contributed by atoms with Gasteiger partial charge in [-0.2, -0.15) is 12.6 Å². The molecule has 4 nitrogen and oxygen atoms in total. The first-order chi connectivity index (χ1) is 9.70. The molecule has 5 heteroatoms. The van der Waals surface area contributed by atoms with E-state index in [0.29, 0.717) is 6.54 Å². The second-order valence-corrected chi connectivity index (χ2v) is 5.93. The van der Waals surface area contributed by atoms with E-state index in [-0.39, 0.29) is 18.0 Å². The van der Waals surface area contributed by atoms with Gasteiger partial charge in [0.2, 0.25) is 0 Å². The second kappa shape index (κ2) is 10.1. The fourth-order valence-corrected chi connectivity index (χ4v) is 2.76. The molecule has 1 heterocycles. The van der Waals surface area contributed by atoms with E-state index in [4.69, 9.17) is 0 Å². The van der Waals surface area contributed by atoms with Crippen LogP contribution in [0.15, 0.2) is 0 Å². The van der Waals surface area contributed by atoms with Crippen LogP contribution in [0.4, 0.5) is 4.79 Å². The molecule has 1 aliphatic rings. The third kappa shape index (κ3) is 5.73. The maximum absolute atomic E-state index is 12.0. The molecule has 116 valence electrons. The van der Waals surface area contributed by atoms with Crippen molar-refractivity contribution in [2.45, 2.75) is 70.8 Å². The molecule has 1 atom stereocenters. The number of carbonyl (C=O) groups excluding carboxylic acids is 2. The molecule has 1 saturated heterocycles. The van der Waals surface area contributed by atoms with Crippen LogP contribution in [-0.4, -0.2) is 35.2 Å². The molecule has 0 aromatic heterocycles. The van der Waals surface area contributed by atoms with E-state index in [9.17, 15) is 9.59 Å². The average Bonchev–Trinajstić information content (AvgIpc) is 2.69. The van der Waals surface area contributed by atoms with E-state index in [1.54, 1.807) is 0 Å². The smallest absolute Gasteiger partial charge is 0.324 e. The zero-order chi connectivity index (χ0) is 14.8. The van der Waals surface area contributed by atoms with E-state index in [1.165, 1.54) is 37.0 Å². The van der Waals surface area contributed by atoms with E-state index in [0.717, 1.165) is 31.4 Å². The van der Waals surface area contributed by atoms with Crippen LogP contribution in [0.1, 0.15) is 64.7 Å². The minimum absolute atomic E-state index is 0.0365. The van der Waals surface area contributed by atoms with Gasteiger partial charge in [0, 0.05) is 6.54 Å². The topological polar surface area (TPSA) is 49.4 Å². The Labute approximate surface area is 128 Å². The van der Waals surface area contributed by atoms with Crippen LogP contribution in [0.5, 0.6) is 0 Å². The molecule has 0 aromatic carbocycles. The van der Waals surface area contributed by atoms with Crippen LogP contribution in [0.2, 0.25) is 0 Å². The van der Waals surface area contributed by atoms with Gasteiger partial charge in [-0.05, 0) is 25.0 Å². The molecule has 0 radical (unpaired) electrons. The first-order valence-electron chi connectivity index (χ1n) is 7.93. The number of thiol groups is 1. The maximum Gasteiger partial charge on any atom is 0.324 e. The Morgan fingerprint density at radius 2 is 1.65 bits per heavy atom.